The number of carbonyl (C=O) groups is 1. The highest BCUT2D eigenvalue weighted by Crippen LogP contribution is 2.27. The summed E-state index contributed by atoms with van der Waals surface area (Å²) in [5.74, 6) is 0.429. The highest BCUT2D eigenvalue weighted by molar-refractivity contribution is 6.35. The van der Waals surface area contributed by atoms with Crippen LogP contribution in [0.25, 0.3) is 0 Å². The molecule has 0 aliphatic carbocycles. The average molecular weight is 288 g/mol. The Morgan fingerprint density at radius 1 is 1.39 bits per heavy atom. The maximum Gasteiger partial charge on any atom is 0.317 e. The number of nitrogens with one attached hydrogen (secondary N) is 2. The molecule has 96 valence electrons. The van der Waals surface area contributed by atoms with E-state index in [1.807, 2.05) is 6.07 Å². The number of amides is 2. The molecule has 18 heavy (non-hydrogen) atoms. The van der Waals surface area contributed by atoms with Gasteiger partial charge in [-0.25, -0.2) is 4.79 Å². The van der Waals surface area contributed by atoms with Crippen LogP contribution in [0, 0.1) is 11.3 Å². The number of carbonyl (C=O) groups excluding carboxylic acids is 1. The Balaban J connectivity index is 2.29. The highest BCUT2D eigenvalue weighted by atomic mass is 35.5. The van der Waals surface area contributed by atoms with E-state index in [0.717, 1.165) is 0 Å². The summed E-state index contributed by atoms with van der Waals surface area (Å²) in [5, 5.41) is 14.1. The molecule has 0 saturated heterocycles. The molecule has 0 saturated carbocycles. The maximum atomic E-state index is 11.2. The van der Waals surface area contributed by atoms with Crippen LogP contribution in [0.4, 0.5) is 4.79 Å². The summed E-state index contributed by atoms with van der Waals surface area (Å²) in [5.41, 5.74) is 0. The summed E-state index contributed by atoms with van der Waals surface area (Å²) in [4.78, 5) is 11.2. The molecule has 1 rings (SSSR count). The summed E-state index contributed by atoms with van der Waals surface area (Å²) in [6.07, 6.45) is 0.261. The first-order valence-electron chi connectivity index (χ1n) is 5.10. The molecule has 2 N–H and O–H groups in total. The minimum absolute atomic E-state index is 0.0280. The lowest BCUT2D eigenvalue weighted by Crippen LogP contribution is -2.38. The summed E-state index contributed by atoms with van der Waals surface area (Å²) in [6, 6.07) is 6.30. The predicted molar refractivity (Wildman–Crippen MR) is 68.7 cm³/mol. The van der Waals surface area contributed by atoms with E-state index in [0.29, 0.717) is 22.3 Å². The molecule has 1 aromatic rings. The molecule has 2 amide bonds. The van der Waals surface area contributed by atoms with Crippen molar-refractivity contribution in [2.75, 3.05) is 13.3 Å². The van der Waals surface area contributed by atoms with E-state index in [2.05, 4.69) is 10.6 Å². The second-order valence-corrected chi connectivity index (χ2v) is 4.05. The molecule has 1 aromatic carbocycles. The molecule has 0 bridgehead atoms. The van der Waals surface area contributed by atoms with Crippen LogP contribution in [0.3, 0.4) is 0 Å². The fraction of sp³-hybridized carbons (Fsp3) is 0.273. The monoisotopic (exact) mass is 287 g/mol. The van der Waals surface area contributed by atoms with Crippen molar-refractivity contribution < 1.29 is 9.53 Å². The van der Waals surface area contributed by atoms with Gasteiger partial charge in [0.15, 0.2) is 6.73 Å². The molecule has 0 aliphatic rings. The highest BCUT2D eigenvalue weighted by Gasteiger charge is 2.03. The topological polar surface area (TPSA) is 74.2 Å². The van der Waals surface area contributed by atoms with Crippen LogP contribution in [-0.2, 0) is 0 Å². The molecule has 0 atom stereocenters. The van der Waals surface area contributed by atoms with Crippen molar-refractivity contribution in [1.82, 2.24) is 10.6 Å². The van der Waals surface area contributed by atoms with Gasteiger partial charge in [0.05, 0.1) is 17.5 Å². The number of urea groups is 1. The zero-order valence-corrected chi connectivity index (χ0v) is 10.9. The van der Waals surface area contributed by atoms with Crippen molar-refractivity contribution in [3.8, 4) is 11.8 Å². The van der Waals surface area contributed by atoms with Gasteiger partial charge in [-0.2, -0.15) is 5.26 Å². The summed E-state index contributed by atoms with van der Waals surface area (Å²) >= 11 is 11.6. The Labute approximate surface area is 115 Å². The van der Waals surface area contributed by atoms with Crippen molar-refractivity contribution in [3.05, 3.63) is 28.2 Å². The largest absolute Gasteiger partial charge is 0.472 e. The fourth-order valence-electron chi connectivity index (χ4n) is 1.07. The van der Waals surface area contributed by atoms with Gasteiger partial charge in [0.25, 0.3) is 0 Å². The van der Waals surface area contributed by atoms with Gasteiger partial charge >= 0.3 is 6.03 Å². The SMILES string of the molecule is N#CCCNC(=O)NCOc1ccc(Cl)cc1Cl. The van der Waals surface area contributed by atoms with Crippen LogP contribution < -0.4 is 15.4 Å². The van der Waals surface area contributed by atoms with E-state index in [9.17, 15) is 4.79 Å². The van der Waals surface area contributed by atoms with Crippen LogP contribution >= 0.6 is 23.2 Å². The fourth-order valence-corrected chi connectivity index (χ4v) is 1.53. The first-order valence-corrected chi connectivity index (χ1v) is 5.85. The van der Waals surface area contributed by atoms with E-state index in [-0.39, 0.29) is 13.2 Å². The second-order valence-electron chi connectivity index (χ2n) is 3.20. The van der Waals surface area contributed by atoms with Gasteiger partial charge < -0.3 is 15.4 Å². The van der Waals surface area contributed by atoms with Crippen molar-refractivity contribution in [2.45, 2.75) is 6.42 Å². The second kappa shape index (κ2) is 7.64. The van der Waals surface area contributed by atoms with Crippen molar-refractivity contribution in [2.24, 2.45) is 0 Å². The van der Waals surface area contributed by atoms with Gasteiger partial charge in [0, 0.05) is 11.6 Å². The van der Waals surface area contributed by atoms with Gasteiger partial charge in [0.1, 0.15) is 5.75 Å². The predicted octanol–water partition coefficient (Wildman–Crippen LogP) is 2.54. The Morgan fingerprint density at radius 2 is 2.17 bits per heavy atom. The summed E-state index contributed by atoms with van der Waals surface area (Å²) < 4.78 is 5.24. The average Bonchev–Trinajstić information content (AvgIpc) is 2.32. The van der Waals surface area contributed by atoms with Crippen LogP contribution in [0.1, 0.15) is 6.42 Å². The molecule has 0 aromatic heterocycles. The molecule has 0 fully saturated rings. The normalized spacial score (nSPS) is 9.39. The zero-order chi connectivity index (χ0) is 13.4. The molecule has 0 spiro atoms. The number of ether oxygens (including phenoxy) is 1. The third-order valence-electron chi connectivity index (χ3n) is 1.88. The smallest absolute Gasteiger partial charge is 0.317 e. The number of hydrogen-bond donors (Lipinski definition) is 2. The standard InChI is InChI=1S/C11H11Cl2N3O2/c12-8-2-3-10(9(13)6-8)18-7-16-11(17)15-5-1-4-14/h2-3,6H,1,5,7H2,(H2,15,16,17). The Bertz CT molecular complexity index is 460. The van der Waals surface area contributed by atoms with E-state index in [4.69, 9.17) is 33.2 Å². The van der Waals surface area contributed by atoms with Gasteiger partial charge in [-0.15, -0.1) is 0 Å². The third kappa shape index (κ3) is 5.13. The van der Waals surface area contributed by atoms with E-state index < -0.39 is 6.03 Å². The number of benzene rings is 1. The lowest BCUT2D eigenvalue weighted by atomic mass is 10.3. The number of nitriles is 1. The molecular formula is C11H11Cl2N3O2. The van der Waals surface area contributed by atoms with Crippen LogP contribution in [0.5, 0.6) is 5.75 Å². The van der Waals surface area contributed by atoms with Crippen molar-refractivity contribution >= 4 is 29.2 Å². The number of rotatable bonds is 5. The number of hydrogen-bond acceptors (Lipinski definition) is 3. The number of halogens is 2. The van der Waals surface area contributed by atoms with Crippen LogP contribution in [0.15, 0.2) is 18.2 Å². The quantitative estimate of drug-likeness (QED) is 0.646. The van der Waals surface area contributed by atoms with Crippen molar-refractivity contribution in [1.29, 1.82) is 5.26 Å². The van der Waals surface area contributed by atoms with Crippen LogP contribution in [-0.4, -0.2) is 19.3 Å². The Hall–Kier alpha value is -1.64. The minimum atomic E-state index is -0.407. The third-order valence-corrected chi connectivity index (χ3v) is 2.41. The first-order chi connectivity index (χ1) is 8.63. The maximum absolute atomic E-state index is 11.2. The zero-order valence-electron chi connectivity index (χ0n) is 9.37. The van der Waals surface area contributed by atoms with Gasteiger partial charge in [0.2, 0.25) is 0 Å². The molecule has 5 nitrogen and oxygen atoms in total. The Morgan fingerprint density at radius 3 is 2.83 bits per heavy atom. The van der Waals surface area contributed by atoms with E-state index in [1.165, 1.54) is 0 Å². The first kappa shape index (κ1) is 14.4. The number of nitrogens with zero attached hydrogens (tertiary/aromatic N) is 1. The summed E-state index contributed by atoms with van der Waals surface area (Å²) in [6.45, 7) is 0.268. The van der Waals surface area contributed by atoms with Crippen LogP contribution in [0.2, 0.25) is 10.0 Å². The van der Waals surface area contributed by atoms with Crippen molar-refractivity contribution in [3.63, 3.8) is 0 Å². The van der Waals surface area contributed by atoms with E-state index >= 15 is 0 Å². The molecule has 0 unspecified atom stereocenters. The summed E-state index contributed by atoms with van der Waals surface area (Å²) in [7, 11) is 0. The molecular weight excluding hydrogens is 277 g/mol. The Kier molecular flexibility index (Phi) is 6.12. The van der Waals surface area contributed by atoms with Gasteiger partial charge in [-0.1, -0.05) is 23.2 Å². The molecule has 0 radical (unpaired) electrons. The van der Waals surface area contributed by atoms with E-state index in [1.54, 1.807) is 18.2 Å². The van der Waals surface area contributed by atoms with Gasteiger partial charge in [-0.05, 0) is 18.2 Å². The molecule has 7 heteroatoms. The minimum Gasteiger partial charge on any atom is -0.472 e. The lowest BCUT2D eigenvalue weighted by Gasteiger charge is -2.09. The van der Waals surface area contributed by atoms with Gasteiger partial charge in [-0.3, -0.25) is 0 Å². The molecule has 0 aliphatic heterocycles. The molecule has 0 heterocycles. The lowest BCUT2D eigenvalue weighted by molar-refractivity contribution is 0.224.